The quantitative estimate of drug-likeness (QED) is 0.411. The number of esters is 1. The fourth-order valence-electron chi connectivity index (χ4n) is 2.53. The Bertz CT molecular complexity index is 1070. The predicted octanol–water partition coefficient (Wildman–Crippen LogP) is 4.82. The topological polar surface area (TPSA) is 94.3 Å². The molecule has 0 saturated heterocycles. The number of anilines is 1. The highest BCUT2D eigenvalue weighted by molar-refractivity contribution is 7.98. The van der Waals surface area contributed by atoms with Crippen LogP contribution in [0.25, 0.3) is 0 Å². The molecule has 0 aliphatic heterocycles. The smallest absolute Gasteiger partial charge is 0.341 e. The van der Waals surface area contributed by atoms with Crippen molar-refractivity contribution in [3.05, 3.63) is 70.2 Å². The Kier molecular flexibility index (Phi) is 7.12. The molecule has 9 heteroatoms. The average molecular weight is 446 g/mol. The van der Waals surface area contributed by atoms with Crippen molar-refractivity contribution in [1.29, 1.82) is 0 Å². The number of carbonyl (C=O) groups is 2. The van der Waals surface area contributed by atoms with Gasteiger partial charge in [-0.1, -0.05) is 34.6 Å². The lowest BCUT2D eigenvalue weighted by Crippen LogP contribution is -2.30. The van der Waals surface area contributed by atoms with Crippen LogP contribution >= 0.6 is 23.4 Å². The molecule has 0 aliphatic carbocycles. The Morgan fingerprint density at radius 1 is 1.27 bits per heavy atom. The number of aryl methyl sites for hydroxylation is 2. The van der Waals surface area contributed by atoms with E-state index in [0.717, 1.165) is 11.3 Å². The molecular formula is C21H20ClN3O4S. The minimum atomic E-state index is -1.01. The summed E-state index contributed by atoms with van der Waals surface area (Å²) in [5, 5.41) is 7.65. The molecule has 0 aliphatic rings. The minimum absolute atomic E-state index is 0.279. The number of nitrogens with one attached hydrogen (secondary N) is 1. The Hall–Kier alpha value is -2.84. The van der Waals surface area contributed by atoms with Gasteiger partial charge >= 0.3 is 5.97 Å². The molecule has 1 amide bonds. The lowest BCUT2D eigenvalue weighted by molar-refractivity contribution is -0.123. The van der Waals surface area contributed by atoms with Crippen LogP contribution in [0.2, 0.25) is 5.02 Å². The van der Waals surface area contributed by atoms with E-state index in [9.17, 15) is 9.59 Å². The van der Waals surface area contributed by atoms with E-state index in [1.807, 2.05) is 19.9 Å². The lowest BCUT2D eigenvalue weighted by Gasteiger charge is -2.15. The number of ether oxygens (including phenoxy) is 1. The van der Waals surface area contributed by atoms with Crippen molar-refractivity contribution in [2.45, 2.75) is 37.7 Å². The summed E-state index contributed by atoms with van der Waals surface area (Å²) in [7, 11) is 0. The van der Waals surface area contributed by atoms with Crippen LogP contribution in [0.4, 0.5) is 5.69 Å². The maximum absolute atomic E-state index is 12.7. The van der Waals surface area contributed by atoms with Gasteiger partial charge in [0.25, 0.3) is 5.91 Å². The number of benzene rings is 1. The van der Waals surface area contributed by atoms with E-state index in [0.29, 0.717) is 27.2 Å². The fourth-order valence-corrected chi connectivity index (χ4v) is 3.57. The molecule has 0 radical (unpaired) electrons. The molecule has 3 aromatic rings. The number of hydrogen-bond donors (Lipinski definition) is 1. The third kappa shape index (κ3) is 5.61. The van der Waals surface area contributed by atoms with Gasteiger partial charge in [0, 0.05) is 28.7 Å². The fraction of sp³-hybridized carbons (Fsp3) is 0.238. The number of aromatic nitrogens is 2. The largest absolute Gasteiger partial charge is 0.449 e. The van der Waals surface area contributed by atoms with Crippen molar-refractivity contribution >= 4 is 40.9 Å². The molecular weight excluding hydrogens is 426 g/mol. The second kappa shape index (κ2) is 9.77. The summed E-state index contributed by atoms with van der Waals surface area (Å²) >= 11 is 7.31. The van der Waals surface area contributed by atoms with Crippen molar-refractivity contribution in [2.75, 3.05) is 5.32 Å². The van der Waals surface area contributed by atoms with Crippen LogP contribution in [-0.2, 0) is 15.3 Å². The molecule has 0 spiro atoms. The average Bonchev–Trinajstić information content (AvgIpc) is 3.14. The van der Waals surface area contributed by atoms with Gasteiger partial charge in [-0.2, -0.15) is 0 Å². The van der Waals surface area contributed by atoms with E-state index in [4.69, 9.17) is 20.9 Å². The molecule has 2 aromatic heterocycles. The molecule has 1 N–H and O–H groups in total. The highest BCUT2D eigenvalue weighted by Gasteiger charge is 2.22. The number of hydrogen-bond acceptors (Lipinski definition) is 7. The van der Waals surface area contributed by atoms with Crippen LogP contribution in [0.15, 0.2) is 52.1 Å². The monoisotopic (exact) mass is 445 g/mol. The minimum Gasteiger partial charge on any atom is -0.449 e. The molecule has 2 heterocycles. The van der Waals surface area contributed by atoms with Gasteiger partial charge in [0.05, 0.1) is 11.3 Å². The van der Waals surface area contributed by atoms with Crippen LogP contribution in [-0.4, -0.2) is 28.1 Å². The van der Waals surface area contributed by atoms with Crippen molar-refractivity contribution in [1.82, 2.24) is 10.1 Å². The Labute approximate surface area is 183 Å². The number of carbonyl (C=O) groups excluding carboxylic acids is 2. The summed E-state index contributed by atoms with van der Waals surface area (Å²) in [5.41, 5.74) is 2.43. The van der Waals surface area contributed by atoms with Gasteiger partial charge in [0.1, 0.15) is 10.8 Å². The summed E-state index contributed by atoms with van der Waals surface area (Å²) < 4.78 is 10.4. The third-order valence-electron chi connectivity index (χ3n) is 4.14. The molecule has 156 valence electrons. The van der Waals surface area contributed by atoms with Crippen LogP contribution in [0.5, 0.6) is 0 Å². The summed E-state index contributed by atoms with van der Waals surface area (Å²) in [6.45, 7) is 5.16. The van der Waals surface area contributed by atoms with Crippen molar-refractivity contribution in [3.63, 3.8) is 0 Å². The number of halogens is 1. The number of nitrogens with zero attached hydrogens (tertiary/aromatic N) is 2. The SMILES string of the molecule is Cc1cc(CSc2ncccc2C(=O)OC(C)C(=O)Nc2cc(Cl)ccc2C)no1. The molecule has 1 atom stereocenters. The van der Waals surface area contributed by atoms with Gasteiger partial charge in [-0.05, 0) is 50.6 Å². The van der Waals surface area contributed by atoms with Crippen molar-refractivity contribution < 1.29 is 18.8 Å². The maximum atomic E-state index is 12.7. The predicted molar refractivity (Wildman–Crippen MR) is 115 cm³/mol. The first kappa shape index (κ1) is 21.9. The van der Waals surface area contributed by atoms with E-state index in [-0.39, 0.29) is 5.56 Å². The highest BCUT2D eigenvalue weighted by Crippen LogP contribution is 2.25. The molecule has 0 bridgehead atoms. The number of pyridine rings is 1. The Morgan fingerprint density at radius 2 is 2.07 bits per heavy atom. The van der Waals surface area contributed by atoms with Crippen molar-refractivity contribution in [3.8, 4) is 0 Å². The maximum Gasteiger partial charge on any atom is 0.341 e. The van der Waals surface area contributed by atoms with E-state index in [1.54, 1.807) is 36.5 Å². The number of rotatable bonds is 7. The molecule has 0 saturated carbocycles. The van der Waals surface area contributed by atoms with Gasteiger partial charge in [-0.25, -0.2) is 9.78 Å². The molecule has 3 rings (SSSR count). The van der Waals surface area contributed by atoms with Gasteiger partial charge in [0.15, 0.2) is 6.10 Å². The first-order valence-electron chi connectivity index (χ1n) is 9.11. The van der Waals surface area contributed by atoms with E-state index in [1.165, 1.54) is 18.7 Å². The van der Waals surface area contributed by atoms with Crippen LogP contribution in [0.1, 0.15) is 34.3 Å². The first-order valence-corrected chi connectivity index (χ1v) is 10.5. The zero-order valence-electron chi connectivity index (χ0n) is 16.6. The van der Waals surface area contributed by atoms with E-state index < -0.39 is 18.0 Å². The molecule has 30 heavy (non-hydrogen) atoms. The lowest BCUT2D eigenvalue weighted by atomic mass is 10.2. The van der Waals surface area contributed by atoms with Crippen molar-refractivity contribution in [2.24, 2.45) is 0 Å². The van der Waals surface area contributed by atoms with Crippen LogP contribution < -0.4 is 5.32 Å². The number of thioether (sulfide) groups is 1. The van der Waals surface area contributed by atoms with Gasteiger partial charge < -0.3 is 14.6 Å². The standard InChI is InChI=1S/C21H20ClN3O4S/c1-12-6-7-15(22)10-18(12)24-19(26)14(3)28-21(27)17-5-4-8-23-20(17)30-11-16-9-13(2)29-25-16/h4-10,14H,11H2,1-3H3,(H,24,26). The summed E-state index contributed by atoms with van der Waals surface area (Å²) in [5.74, 6) is 0.108. The Balaban J connectivity index is 1.64. The normalized spacial score (nSPS) is 11.7. The molecule has 0 fully saturated rings. The molecule has 1 unspecified atom stereocenters. The second-order valence-corrected chi connectivity index (χ2v) is 7.97. The van der Waals surface area contributed by atoms with E-state index in [2.05, 4.69) is 15.5 Å². The second-order valence-electron chi connectivity index (χ2n) is 6.57. The zero-order valence-corrected chi connectivity index (χ0v) is 18.2. The summed E-state index contributed by atoms with van der Waals surface area (Å²) in [4.78, 5) is 29.4. The Morgan fingerprint density at radius 3 is 2.80 bits per heavy atom. The van der Waals surface area contributed by atoms with Crippen LogP contribution in [0, 0.1) is 13.8 Å². The number of amides is 1. The van der Waals surface area contributed by atoms with Gasteiger partial charge in [-0.15, -0.1) is 0 Å². The first-order chi connectivity index (χ1) is 14.3. The van der Waals surface area contributed by atoms with E-state index >= 15 is 0 Å². The van der Waals surface area contributed by atoms with Gasteiger partial charge in [0.2, 0.25) is 0 Å². The highest BCUT2D eigenvalue weighted by atomic mass is 35.5. The summed E-state index contributed by atoms with van der Waals surface area (Å²) in [6, 6.07) is 10.2. The molecule has 1 aromatic carbocycles. The van der Waals surface area contributed by atoms with Gasteiger partial charge in [-0.3, -0.25) is 4.79 Å². The molecule has 7 nitrogen and oxygen atoms in total. The summed E-state index contributed by atoms with van der Waals surface area (Å²) in [6.07, 6.45) is 0.581. The third-order valence-corrected chi connectivity index (χ3v) is 5.41. The van der Waals surface area contributed by atoms with Crippen LogP contribution in [0.3, 0.4) is 0 Å². The zero-order chi connectivity index (χ0) is 21.7.